The summed E-state index contributed by atoms with van der Waals surface area (Å²) < 4.78 is 5.56. The first-order valence-electron chi connectivity index (χ1n) is 8.43. The Bertz CT molecular complexity index is 946. The van der Waals surface area contributed by atoms with E-state index in [2.05, 4.69) is 10.3 Å². The number of hydrogen-bond donors (Lipinski definition) is 1. The summed E-state index contributed by atoms with van der Waals surface area (Å²) in [5, 5.41) is 13.5. The van der Waals surface area contributed by atoms with E-state index in [-0.39, 0.29) is 24.4 Å². The van der Waals surface area contributed by atoms with Crippen molar-refractivity contribution in [2.75, 3.05) is 11.9 Å². The van der Waals surface area contributed by atoms with Crippen molar-refractivity contribution in [3.63, 3.8) is 0 Å². The predicted octanol–water partition coefficient (Wildman–Crippen LogP) is 3.35. The number of amides is 2. The molecule has 2 amide bonds. The number of hydrogen-bond acceptors (Lipinski definition) is 6. The molecule has 1 aliphatic heterocycles. The molecule has 0 bridgehead atoms. The highest BCUT2D eigenvalue weighted by Gasteiger charge is 2.31. The van der Waals surface area contributed by atoms with Gasteiger partial charge in [0.15, 0.2) is 0 Å². The van der Waals surface area contributed by atoms with Gasteiger partial charge >= 0.3 is 0 Å². The highest BCUT2D eigenvalue weighted by atomic mass is 32.2. The quantitative estimate of drug-likeness (QED) is 0.565. The molecule has 2 aromatic rings. The van der Waals surface area contributed by atoms with Crippen LogP contribution in [0.15, 0.2) is 53.5 Å². The molecule has 0 aliphatic carbocycles. The Morgan fingerprint density at radius 3 is 2.75 bits per heavy atom. The van der Waals surface area contributed by atoms with E-state index in [1.54, 1.807) is 25.1 Å². The number of benzene rings is 2. The smallest absolute Gasteiger partial charge is 0.293 e. The van der Waals surface area contributed by atoms with E-state index in [9.17, 15) is 19.7 Å². The summed E-state index contributed by atoms with van der Waals surface area (Å²) in [4.78, 5) is 38.9. The SMILES string of the molecule is Cc1ccc(NC(=O)C[C@H]2SC(COc3ccccc3)=NC2=O)c([N+](=O)[O-])c1. The molecule has 0 saturated carbocycles. The van der Waals surface area contributed by atoms with E-state index in [4.69, 9.17) is 4.74 Å². The van der Waals surface area contributed by atoms with Crippen molar-refractivity contribution < 1.29 is 19.2 Å². The van der Waals surface area contributed by atoms with Crippen molar-refractivity contribution in [2.24, 2.45) is 4.99 Å². The van der Waals surface area contributed by atoms with Gasteiger partial charge in [0.05, 0.1) is 4.92 Å². The van der Waals surface area contributed by atoms with Gasteiger partial charge in [-0.15, -0.1) is 0 Å². The van der Waals surface area contributed by atoms with Crippen LogP contribution in [0.1, 0.15) is 12.0 Å². The summed E-state index contributed by atoms with van der Waals surface area (Å²) in [5.74, 6) is -0.241. The van der Waals surface area contributed by atoms with Crippen molar-refractivity contribution in [2.45, 2.75) is 18.6 Å². The van der Waals surface area contributed by atoms with Crippen LogP contribution < -0.4 is 10.1 Å². The van der Waals surface area contributed by atoms with Gasteiger partial charge in [-0.2, -0.15) is 0 Å². The molecule has 144 valence electrons. The minimum Gasteiger partial charge on any atom is -0.487 e. The van der Waals surface area contributed by atoms with E-state index < -0.39 is 22.0 Å². The molecule has 0 radical (unpaired) electrons. The van der Waals surface area contributed by atoms with E-state index >= 15 is 0 Å². The molecular weight excluding hydrogens is 382 g/mol. The Morgan fingerprint density at radius 2 is 2.04 bits per heavy atom. The topological polar surface area (TPSA) is 111 Å². The van der Waals surface area contributed by atoms with Gasteiger partial charge in [0.25, 0.3) is 11.6 Å². The molecule has 0 aromatic heterocycles. The molecule has 2 aromatic carbocycles. The van der Waals surface area contributed by atoms with Crippen LogP contribution in [0.4, 0.5) is 11.4 Å². The summed E-state index contributed by atoms with van der Waals surface area (Å²) in [7, 11) is 0. The van der Waals surface area contributed by atoms with Crippen LogP contribution in [0, 0.1) is 17.0 Å². The highest BCUT2D eigenvalue weighted by molar-refractivity contribution is 8.15. The third-order valence-electron chi connectivity index (χ3n) is 3.89. The molecule has 0 saturated heterocycles. The number of nitro groups is 1. The number of nitro benzene ring substituents is 1. The molecule has 1 N–H and O–H groups in total. The highest BCUT2D eigenvalue weighted by Crippen LogP contribution is 2.28. The first-order valence-corrected chi connectivity index (χ1v) is 9.31. The van der Waals surface area contributed by atoms with E-state index in [0.717, 1.165) is 0 Å². The fourth-order valence-corrected chi connectivity index (χ4v) is 3.55. The molecule has 1 heterocycles. The molecule has 3 rings (SSSR count). The van der Waals surface area contributed by atoms with E-state index in [1.807, 2.05) is 18.2 Å². The summed E-state index contributed by atoms with van der Waals surface area (Å²) in [6.07, 6.45) is -0.132. The van der Waals surface area contributed by atoms with Gasteiger partial charge in [0.1, 0.15) is 28.3 Å². The summed E-state index contributed by atoms with van der Waals surface area (Å²) in [6, 6.07) is 13.6. The number of aryl methyl sites for hydroxylation is 1. The number of anilines is 1. The second-order valence-corrected chi connectivity index (χ2v) is 7.36. The largest absolute Gasteiger partial charge is 0.487 e. The molecule has 0 unspecified atom stereocenters. The lowest BCUT2D eigenvalue weighted by atomic mass is 10.2. The Hall–Kier alpha value is -3.20. The van der Waals surface area contributed by atoms with Gasteiger partial charge in [0, 0.05) is 12.5 Å². The van der Waals surface area contributed by atoms with Crippen molar-refractivity contribution >= 4 is 40.0 Å². The number of ether oxygens (including phenoxy) is 1. The van der Waals surface area contributed by atoms with Crippen molar-refractivity contribution in [3.8, 4) is 5.75 Å². The molecule has 9 heteroatoms. The zero-order valence-corrected chi connectivity index (χ0v) is 15.8. The lowest BCUT2D eigenvalue weighted by molar-refractivity contribution is -0.384. The lowest BCUT2D eigenvalue weighted by Gasteiger charge is -2.09. The number of nitrogens with zero attached hydrogens (tertiary/aromatic N) is 2. The van der Waals surface area contributed by atoms with Crippen LogP contribution in [-0.2, 0) is 9.59 Å². The standard InChI is InChI=1S/C19H17N3O5S/c1-12-7-8-14(15(9-12)22(25)26)20-17(23)10-16-19(24)21-18(28-16)11-27-13-5-3-2-4-6-13/h2-9,16H,10-11H2,1H3,(H,20,23)/t16-/m1/s1. The average Bonchev–Trinajstić information content (AvgIpc) is 3.01. The minimum absolute atomic E-state index is 0.101. The van der Waals surface area contributed by atoms with Crippen molar-refractivity contribution in [1.29, 1.82) is 0 Å². The van der Waals surface area contributed by atoms with Gasteiger partial charge < -0.3 is 10.1 Å². The molecule has 0 spiro atoms. The number of carbonyl (C=O) groups excluding carboxylic acids is 2. The van der Waals surface area contributed by atoms with E-state index in [0.29, 0.717) is 16.4 Å². The van der Waals surface area contributed by atoms with Gasteiger partial charge in [-0.25, -0.2) is 4.99 Å². The number of nitrogens with one attached hydrogen (secondary N) is 1. The molecule has 28 heavy (non-hydrogen) atoms. The van der Waals surface area contributed by atoms with Crippen molar-refractivity contribution in [3.05, 3.63) is 64.2 Å². The van der Waals surface area contributed by atoms with E-state index in [1.165, 1.54) is 23.9 Å². The first-order chi connectivity index (χ1) is 13.4. The number of para-hydroxylation sites is 1. The Morgan fingerprint density at radius 1 is 1.29 bits per heavy atom. The molecular formula is C19H17N3O5S. The van der Waals surface area contributed by atoms with Crippen LogP contribution in [0.3, 0.4) is 0 Å². The fourth-order valence-electron chi connectivity index (χ4n) is 2.56. The van der Waals surface area contributed by atoms with Gasteiger partial charge in [-0.05, 0) is 30.7 Å². The molecule has 1 aliphatic rings. The van der Waals surface area contributed by atoms with Gasteiger partial charge in [-0.3, -0.25) is 19.7 Å². The van der Waals surface area contributed by atoms with Crippen molar-refractivity contribution in [1.82, 2.24) is 0 Å². The zero-order valence-electron chi connectivity index (χ0n) is 15.0. The fraction of sp³-hybridized carbons (Fsp3) is 0.211. The second kappa shape index (κ2) is 8.66. The number of rotatable bonds is 7. The lowest BCUT2D eigenvalue weighted by Crippen LogP contribution is -2.22. The van der Waals surface area contributed by atoms with Crippen LogP contribution in [0.2, 0.25) is 0 Å². The molecule has 0 fully saturated rings. The van der Waals surface area contributed by atoms with Gasteiger partial charge in [-0.1, -0.05) is 36.0 Å². The number of aliphatic imine (C=N–C) groups is 1. The number of thioether (sulfide) groups is 1. The van der Waals surface area contributed by atoms with Crippen LogP contribution in [0.5, 0.6) is 5.75 Å². The summed E-state index contributed by atoms with van der Waals surface area (Å²) >= 11 is 1.17. The maximum absolute atomic E-state index is 12.3. The predicted molar refractivity (Wildman–Crippen MR) is 107 cm³/mol. The third-order valence-corrected chi connectivity index (χ3v) is 5.02. The normalized spacial score (nSPS) is 15.8. The first kappa shape index (κ1) is 19.6. The maximum Gasteiger partial charge on any atom is 0.293 e. The minimum atomic E-state index is -0.668. The molecule has 1 atom stereocenters. The monoisotopic (exact) mass is 399 g/mol. The Balaban J connectivity index is 1.56. The summed E-state index contributed by atoms with van der Waals surface area (Å²) in [5.41, 5.74) is 0.624. The van der Waals surface area contributed by atoms with Gasteiger partial charge in [0.2, 0.25) is 5.91 Å². The third kappa shape index (κ3) is 4.95. The maximum atomic E-state index is 12.3. The Labute approximate surface area is 165 Å². The molecule has 8 nitrogen and oxygen atoms in total. The number of carbonyl (C=O) groups is 2. The second-order valence-electron chi connectivity index (χ2n) is 6.08. The van der Waals surface area contributed by atoms with Crippen LogP contribution >= 0.6 is 11.8 Å². The van der Waals surface area contributed by atoms with Crippen LogP contribution in [0.25, 0.3) is 0 Å². The summed E-state index contributed by atoms with van der Waals surface area (Å²) in [6.45, 7) is 1.87. The Kier molecular flexibility index (Phi) is 6.05. The van der Waals surface area contributed by atoms with Crippen LogP contribution in [-0.4, -0.2) is 33.6 Å². The zero-order chi connectivity index (χ0) is 20.1. The average molecular weight is 399 g/mol.